The van der Waals surface area contributed by atoms with E-state index in [1.54, 1.807) is 6.92 Å². The lowest BCUT2D eigenvalue weighted by Gasteiger charge is -2.11. The number of halogens is 3. The summed E-state index contributed by atoms with van der Waals surface area (Å²) < 4.78 is 35.6. The summed E-state index contributed by atoms with van der Waals surface area (Å²) >= 11 is 0. The standard InChI is InChI=1S/C7H10F3N3/c1-4-3-12-6(13-4)5(11)2-7(8,9)10/h3,5H,2,11H2,1H3,(H,12,13). The van der Waals surface area contributed by atoms with Crippen LogP contribution in [0.1, 0.15) is 24.0 Å². The number of aromatic amines is 1. The first-order valence-electron chi connectivity index (χ1n) is 3.72. The Morgan fingerprint density at radius 2 is 2.23 bits per heavy atom. The van der Waals surface area contributed by atoms with Gasteiger partial charge in [-0.25, -0.2) is 4.98 Å². The molecule has 1 aromatic rings. The van der Waals surface area contributed by atoms with E-state index in [9.17, 15) is 13.2 Å². The lowest BCUT2D eigenvalue weighted by atomic mass is 10.2. The molecule has 1 unspecified atom stereocenters. The van der Waals surface area contributed by atoms with E-state index >= 15 is 0 Å². The van der Waals surface area contributed by atoms with E-state index < -0.39 is 18.6 Å². The summed E-state index contributed by atoms with van der Waals surface area (Å²) in [5.41, 5.74) is 5.98. The van der Waals surface area contributed by atoms with Crippen LogP contribution in [-0.2, 0) is 0 Å². The molecule has 6 heteroatoms. The van der Waals surface area contributed by atoms with Crippen molar-refractivity contribution in [1.82, 2.24) is 9.97 Å². The molecule has 0 spiro atoms. The molecule has 0 aliphatic heterocycles. The average molecular weight is 193 g/mol. The van der Waals surface area contributed by atoms with Gasteiger partial charge in [-0.2, -0.15) is 13.2 Å². The van der Waals surface area contributed by atoms with Crippen molar-refractivity contribution in [2.45, 2.75) is 25.6 Å². The van der Waals surface area contributed by atoms with E-state index in [1.807, 2.05) is 0 Å². The van der Waals surface area contributed by atoms with Gasteiger partial charge in [0.1, 0.15) is 5.82 Å². The number of alkyl halides is 3. The third kappa shape index (κ3) is 3.06. The van der Waals surface area contributed by atoms with Crippen molar-refractivity contribution in [1.29, 1.82) is 0 Å². The van der Waals surface area contributed by atoms with Gasteiger partial charge in [0.05, 0.1) is 12.5 Å². The van der Waals surface area contributed by atoms with E-state index in [4.69, 9.17) is 5.73 Å². The first-order valence-corrected chi connectivity index (χ1v) is 3.72. The Bertz CT molecular complexity index is 279. The van der Waals surface area contributed by atoms with Crippen molar-refractivity contribution in [3.05, 3.63) is 17.7 Å². The quantitative estimate of drug-likeness (QED) is 0.750. The smallest absolute Gasteiger partial charge is 0.345 e. The SMILES string of the molecule is Cc1cnc(C(N)CC(F)(F)F)[nH]1. The van der Waals surface area contributed by atoms with Gasteiger partial charge in [0.15, 0.2) is 0 Å². The van der Waals surface area contributed by atoms with E-state index in [0.29, 0.717) is 5.69 Å². The van der Waals surface area contributed by atoms with Crippen LogP contribution in [0.25, 0.3) is 0 Å². The number of aromatic nitrogens is 2. The fourth-order valence-electron chi connectivity index (χ4n) is 0.967. The van der Waals surface area contributed by atoms with Gasteiger partial charge in [-0.1, -0.05) is 0 Å². The van der Waals surface area contributed by atoms with Crippen molar-refractivity contribution >= 4 is 0 Å². The zero-order chi connectivity index (χ0) is 10.1. The number of H-pyrrole nitrogens is 1. The highest BCUT2D eigenvalue weighted by molar-refractivity contribution is 5.02. The first-order chi connectivity index (χ1) is 5.88. The minimum atomic E-state index is -4.25. The Labute approximate surface area is 73.2 Å². The molecular weight excluding hydrogens is 183 g/mol. The normalized spacial score (nSPS) is 14.5. The van der Waals surface area contributed by atoms with Gasteiger partial charge >= 0.3 is 6.18 Å². The zero-order valence-electron chi connectivity index (χ0n) is 7.02. The number of nitrogens with one attached hydrogen (secondary N) is 1. The van der Waals surface area contributed by atoms with Crippen LogP contribution < -0.4 is 5.73 Å². The molecule has 1 aromatic heterocycles. The van der Waals surface area contributed by atoms with Crippen LogP contribution in [0.3, 0.4) is 0 Å². The Morgan fingerprint density at radius 3 is 2.62 bits per heavy atom. The highest BCUT2D eigenvalue weighted by Crippen LogP contribution is 2.26. The second kappa shape index (κ2) is 3.37. The van der Waals surface area contributed by atoms with Gasteiger partial charge in [0.2, 0.25) is 0 Å². The molecule has 74 valence electrons. The van der Waals surface area contributed by atoms with Crippen LogP contribution in [-0.4, -0.2) is 16.1 Å². The minimum absolute atomic E-state index is 0.176. The average Bonchev–Trinajstić information content (AvgIpc) is 2.31. The van der Waals surface area contributed by atoms with Crippen LogP contribution in [0.15, 0.2) is 6.20 Å². The maximum absolute atomic E-state index is 11.9. The molecule has 0 aliphatic carbocycles. The van der Waals surface area contributed by atoms with Crippen LogP contribution in [0, 0.1) is 6.92 Å². The summed E-state index contributed by atoms with van der Waals surface area (Å²) in [6.07, 6.45) is -3.86. The molecule has 1 rings (SSSR count). The Hall–Kier alpha value is -1.04. The monoisotopic (exact) mass is 193 g/mol. The minimum Gasteiger partial charge on any atom is -0.345 e. The third-order valence-electron chi connectivity index (χ3n) is 1.53. The predicted molar refractivity (Wildman–Crippen MR) is 40.9 cm³/mol. The maximum atomic E-state index is 11.9. The van der Waals surface area contributed by atoms with Crippen LogP contribution >= 0.6 is 0 Å². The molecular formula is C7H10F3N3. The molecule has 0 aromatic carbocycles. The van der Waals surface area contributed by atoms with E-state index in [0.717, 1.165) is 0 Å². The molecule has 1 atom stereocenters. The maximum Gasteiger partial charge on any atom is 0.391 e. The molecule has 1 heterocycles. The van der Waals surface area contributed by atoms with Gasteiger partial charge in [0.25, 0.3) is 0 Å². The summed E-state index contributed by atoms with van der Waals surface area (Å²) in [7, 11) is 0. The molecule has 0 amide bonds. The Morgan fingerprint density at radius 1 is 1.62 bits per heavy atom. The highest BCUT2D eigenvalue weighted by Gasteiger charge is 2.31. The van der Waals surface area contributed by atoms with E-state index in [1.165, 1.54) is 6.20 Å². The van der Waals surface area contributed by atoms with E-state index in [2.05, 4.69) is 9.97 Å². The summed E-state index contributed by atoms with van der Waals surface area (Å²) in [4.78, 5) is 6.38. The summed E-state index contributed by atoms with van der Waals surface area (Å²) in [5.74, 6) is 0.176. The predicted octanol–water partition coefficient (Wildman–Crippen LogP) is 1.67. The number of nitrogens with zero attached hydrogens (tertiary/aromatic N) is 1. The second-order valence-corrected chi connectivity index (χ2v) is 2.88. The molecule has 0 saturated carbocycles. The van der Waals surface area contributed by atoms with Crippen LogP contribution in [0.2, 0.25) is 0 Å². The largest absolute Gasteiger partial charge is 0.391 e. The van der Waals surface area contributed by atoms with Gasteiger partial charge in [-0.05, 0) is 6.92 Å². The third-order valence-corrected chi connectivity index (χ3v) is 1.53. The number of nitrogens with two attached hydrogens (primary N) is 1. The fourth-order valence-corrected chi connectivity index (χ4v) is 0.967. The Balaban J connectivity index is 2.64. The number of rotatable bonds is 2. The molecule has 0 radical (unpaired) electrons. The van der Waals surface area contributed by atoms with Crippen LogP contribution in [0.4, 0.5) is 13.2 Å². The number of aryl methyl sites for hydroxylation is 1. The molecule has 0 saturated heterocycles. The summed E-state index contributed by atoms with van der Waals surface area (Å²) in [5, 5.41) is 0. The lowest BCUT2D eigenvalue weighted by molar-refractivity contribution is -0.138. The summed E-state index contributed by atoms with van der Waals surface area (Å²) in [6.45, 7) is 1.71. The summed E-state index contributed by atoms with van der Waals surface area (Å²) in [6, 6.07) is -1.10. The number of hydrogen-bond acceptors (Lipinski definition) is 2. The topological polar surface area (TPSA) is 54.7 Å². The van der Waals surface area contributed by atoms with Crippen molar-refractivity contribution < 1.29 is 13.2 Å². The first kappa shape index (κ1) is 10.0. The van der Waals surface area contributed by atoms with Crippen LogP contribution in [0.5, 0.6) is 0 Å². The molecule has 3 nitrogen and oxygen atoms in total. The number of hydrogen-bond donors (Lipinski definition) is 2. The van der Waals surface area contributed by atoms with Gasteiger partial charge in [-0.3, -0.25) is 0 Å². The molecule has 0 aliphatic rings. The molecule has 3 N–H and O–H groups in total. The van der Waals surface area contributed by atoms with Crippen molar-refractivity contribution in [2.75, 3.05) is 0 Å². The van der Waals surface area contributed by atoms with Crippen molar-refractivity contribution in [3.63, 3.8) is 0 Å². The molecule has 13 heavy (non-hydrogen) atoms. The Kier molecular flexibility index (Phi) is 2.60. The molecule has 0 fully saturated rings. The second-order valence-electron chi connectivity index (χ2n) is 2.88. The fraction of sp³-hybridized carbons (Fsp3) is 0.571. The van der Waals surface area contributed by atoms with Crippen molar-refractivity contribution in [3.8, 4) is 0 Å². The zero-order valence-corrected chi connectivity index (χ0v) is 7.02. The number of imidazole rings is 1. The van der Waals surface area contributed by atoms with Gasteiger partial charge in [-0.15, -0.1) is 0 Å². The lowest BCUT2D eigenvalue weighted by Crippen LogP contribution is -2.21. The highest BCUT2D eigenvalue weighted by atomic mass is 19.4. The van der Waals surface area contributed by atoms with E-state index in [-0.39, 0.29) is 5.82 Å². The van der Waals surface area contributed by atoms with Crippen molar-refractivity contribution in [2.24, 2.45) is 5.73 Å². The van der Waals surface area contributed by atoms with Gasteiger partial charge < -0.3 is 10.7 Å². The molecule has 0 bridgehead atoms. The van der Waals surface area contributed by atoms with Gasteiger partial charge in [0, 0.05) is 11.9 Å².